The Kier molecular flexibility index (Phi) is 8.34. The van der Waals surface area contributed by atoms with Gasteiger partial charge in [-0.25, -0.2) is 0 Å². The first-order valence-corrected chi connectivity index (χ1v) is 5.11. The first-order chi connectivity index (χ1) is 7.20. The molecule has 0 aromatic rings. The lowest BCUT2D eigenvalue weighted by Crippen LogP contribution is -1.92. The summed E-state index contributed by atoms with van der Waals surface area (Å²) in [4.78, 5) is 20.1. The third-order valence-electron chi connectivity index (χ3n) is 1.84. The highest BCUT2D eigenvalue weighted by Crippen LogP contribution is 2.14. The number of rotatable bonds is 10. The molecule has 0 heterocycles. The van der Waals surface area contributed by atoms with E-state index in [1.165, 1.54) is 0 Å². The van der Waals surface area contributed by atoms with Crippen molar-refractivity contribution < 1.29 is 14.3 Å². The molecular weight excluding hydrogens is 192 g/mol. The molecule has 15 heavy (non-hydrogen) atoms. The number of allylic oxidation sites excluding steroid dienone is 2. The highest BCUT2D eigenvalue weighted by Gasteiger charge is 1.99. The Morgan fingerprint density at radius 3 is 1.67 bits per heavy atom. The molecule has 0 bridgehead atoms. The van der Waals surface area contributed by atoms with Gasteiger partial charge in [0.1, 0.15) is 12.6 Å². The predicted molar refractivity (Wildman–Crippen MR) is 59.2 cm³/mol. The number of hydrogen-bond acceptors (Lipinski definition) is 3. The average Bonchev–Trinajstić information content (AvgIpc) is 2.18. The molecular formula is C12H18O3. The van der Waals surface area contributed by atoms with Gasteiger partial charge in [0, 0.05) is 25.7 Å². The molecule has 0 aliphatic heterocycles. The third-order valence-corrected chi connectivity index (χ3v) is 1.84. The second kappa shape index (κ2) is 9.19. The molecule has 0 aromatic carbocycles. The molecule has 0 rings (SSSR count). The molecule has 3 nitrogen and oxygen atoms in total. The fraction of sp³-hybridized carbons (Fsp3) is 0.500. The second-order valence-corrected chi connectivity index (χ2v) is 3.30. The Morgan fingerprint density at radius 1 is 0.933 bits per heavy atom. The molecule has 0 saturated carbocycles. The summed E-state index contributed by atoms with van der Waals surface area (Å²) in [5.41, 5.74) is 0. The van der Waals surface area contributed by atoms with Crippen LogP contribution >= 0.6 is 0 Å². The lowest BCUT2D eigenvalue weighted by molar-refractivity contribution is -0.108. The van der Waals surface area contributed by atoms with Crippen LogP contribution in [0.2, 0.25) is 0 Å². The van der Waals surface area contributed by atoms with Gasteiger partial charge in [-0.2, -0.15) is 0 Å². The van der Waals surface area contributed by atoms with Gasteiger partial charge < -0.3 is 14.3 Å². The van der Waals surface area contributed by atoms with Gasteiger partial charge in [0.05, 0.1) is 11.5 Å². The Hall–Kier alpha value is -1.38. The molecule has 0 N–H and O–H groups in total. The summed E-state index contributed by atoms with van der Waals surface area (Å²) in [6.45, 7) is 7.45. The highest BCUT2D eigenvalue weighted by molar-refractivity contribution is 5.49. The van der Waals surface area contributed by atoms with Crippen LogP contribution < -0.4 is 0 Å². The zero-order chi connectivity index (χ0) is 11.5. The number of carbonyl (C=O) groups is 2. The van der Waals surface area contributed by atoms with Gasteiger partial charge in [-0.3, -0.25) is 0 Å². The van der Waals surface area contributed by atoms with Gasteiger partial charge in [-0.15, -0.1) is 0 Å². The van der Waals surface area contributed by atoms with Crippen LogP contribution in [0, 0.1) is 0 Å². The molecule has 3 heteroatoms. The highest BCUT2D eigenvalue weighted by atomic mass is 16.5. The Balaban J connectivity index is 3.52. The first kappa shape index (κ1) is 13.6. The van der Waals surface area contributed by atoms with Gasteiger partial charge in [0.2, 0.25) is 0 Å². The number of aldehydes is 2. The van der Waals surface area contributed by atoms with Crippen LogP contribution in [0.25, 0.3) is 0 Å². The summed E-state index contributed by atoms with van der Waals surface area (Å²) in [5.74, 6) is 1.26. The molecule has 0 aliphatic rings. The van der Waals surface area contributed by atoms with Gasteiger partial charge in [0.25, 0.3) is 0 Å². The summed E-state index contributed by atoms with van der Waals surface area (Å²) >= 11 is 0. The van der Waals surface area contributed by atoms with E-state index < -0.39 is 0 Å². The SMILES string of the molecule is C=C(CCCC=O)OC(=C)CCCC=O. The van der Waals surface area contributed by atoms with Crippen molar-refractivity contribution in [2.45, 2.75) is 38.5 Å². The number of carbonyl (C=O) groups excluding carboxylic acids is 2. The van der Waals surface area contributed by atoms with E-state index in [0.29, 0.717) is 37.2 Å². The van der Waals surface area contributed by atoms with Crippen LogP contribution in [-0.4, -0.2) is 12.6 Å². The Labute approximate surface area is 90.8 Å². The maximum atomic E-state index is 10.1. The molecule has 0 atom stereocenters. The summed E-state index contributed by atoms with van der Waals surface area (Å²) in [6.07, 6.45) is 5.67. The fourth-order valence-corrected chi connectivity index (χ4v) is 1.07. The van der Waals surface area contributed by atoms with Crippen molar-refractivity contribution in [3.05, 3.63) is 24.7 Å². The lowest BCUT2D eigenvalue weighted by Gasteiger charge is -2.09. The minimum absolute atomic E-state index is 0.528. The van der Waals surface area contributed by atoms with E-state index in [1.807, 2.05) is 0 Å². The van der Waals surface area contributed by atoms with Crippen LogP contribution in [0.1, 0.15) is 38.5 Å². The molecule has 0 saturated heterocycles. The molecule has 84 valence electrons. The van der Waals surface area contributed by atoms with Crippen molar-refractivity contribution in [2.75, 3.05) is 0 Å². The maximum Gasteiger partial charge on any atom is 0.120 e. The molecule has 0 aliphatic carbocycles. The largest absolute Gasteiger partial charge is 0.467 e. The van der Waals surface area contributed by atoms with E-state index in [4.69, 9.17) is 4.74 Å². The number of hydrogen-bond donors (Lipinski definition) is 0. The average molecular weight is 210 g/mol. The van der Waals surface area contributed by atoms with Crippen molar-refractivity contribution in [3.63, 3.8) is 0 Å². The third kappa shape index (κ3) is 8.94. The predicted octanol–water partition coefficient (Wildman–Crippen LogP) is 2.77. The van der Waals surface area contributed by atoms with Crippen LogP contribution in [0.5, 0.6) is 0 Å². The Morgan fingerprint density at radius 2 is 1.33 bits per heavy atom. The lowest BCUT2D eigenvalue weighted by atomic mass is 10.2. The molecule has 0 aromatic heterocycles. The fourth-order valence-electron chi connectivity index (χ4n) is 1.07. The standard InChI is InChI=1S/C12H18O3/c1-11(7-3-5-9-13)15-12(2)8-4-6-10-14/h9-10H,1-8H2. The summed E-state index contributed by atoms with van der Waals surface area (Å²) < 4.78 is 5.32. The molecule has 0 spiro atoms. The number of ether oxygens (including phenoxy) is 1. The zero-order valence-electron chi connectivity index (χ0n) is 9.04. The smallest absolute Gasteiger partial charge is 0.120 e. The summed E-state index contributed by atoms with van der Waals surface area (Å²) in [5, 5.41) is 0. The first-order valence-electron chi connectivity index (χ1n) is 5.11. The van der Waals surface area contributed by atoms with E-state index in [1.54, 1.807) is 0 Å². The molecule has 0 unspecified atom stereocenters. The van der Waals surface area contributed by atoms with E-state index in [9.17, 15) is 9.59 Å². The van der Waals surface area contributed by atoms with E-state index in [0.717, 1.165) is 25.4 Å². The van der Waals surface area contributed by atoms with Crippen LogP contribution in [0.15, 0.2) is 24.7 Å². The van der Waals surface area contributed by atoms with Crippen molar-refractivity contribution in [1.82, 2.24) is 0 Å². The van der Waals surface area contributed by atoms with Crippen molar-refractivity contribution in [2.24, 2.45) is 0 Å². The van der Waals surface area contributed by atoms with Crippen molar-refractivity contribution >= 4 is 12.6 Å². The van der Waals surface area contributed by atoms with E-state index in [-0.39, 0.29) is 0 Å². The quantitative estimate of drug-likeness (QED) is 0.316. The van der Waals surface area contributed by atoms with Crippen LogP contribution in [0.3, 0.4) is 0 Å². The monoisotopic (exact) mass is 210 g/mol. The van der Waals surface area contributed by atoms with Gasteiger partial charge >= 0.3 is 0 Å². The minimum atomic E-state index is 0.528. The summed E-state index contributed by atoms with van der Waals surface area (Å²) in [7, 11) is 0. The topological polar surface area (TPSA) is 43.4 Å². The number of unbranched alkanes of at least 4 members (excludes halogenated alkanes) is 2. The van der Waals surface area contributed by atoms with Crippen LogP contribution in [0.4, 0.5) is 0 Å². The molecule has 0 radical (unpaired) electrons. The second-order valence-electron chi connectivity index (χ2n) is 3.30. The van der Waals surface area contributed by atoms with E-state index in [2.05, 4.69) is 13.2 Å². The maximum absolute atomic E-state index is 10.1. The van der Waals surface area contributed by atoms with Crippen LogP contribution in [-0.2, 0) is 14.3 Å². The van der Waals surface area contributed by atoms with Crippen molar-refractivity contribution in [3.8, 4) is 0 Å². The van der Waals surface area contributed by atoms with Gasteiger partial charge in [-0.05, 0) is 12.8 Å². The van der Waals surface area contributed by atoms with Gasteiger partial charge in [0.15, 0.2) is 0 Å². The Bertz CT molecular complexity index is 207. The summed E-state index contributed by atoms with van der Waals surface area (Å²) in [6, 6.07) is 0. The van der Waals surface area contributed by atoms with Crippen molar-refractivity contribution in [1.29, 1.82) is 0 Å². The molecule has 0 amide bonds. The van der Waals surface area contributed by atoms with E-state index >= 15 is 0 Å². The normalized spacial score (nSPS) is 9.33. The van der Waals surface area contributed by atoms with Gasteiger partial charge in [-0.1, -0.05) is 13.2 Å². The minimum Gasteiger partial charge on any atom is -0.467 e. The molecule has 0 fully saturated rings. The zero-order valence-corrected chi connectivity index (χ0v) is 9.04.